The van der Waals surface area contributed by atoms with Crippen LogP contribution in [0.2, 0.25) is 0 Å². The second kappa shape index (κ2) is 8.31. The lowest BCUT2D eigenvalue weighted by atomic mass is 9.88. The molecular formula is C21H25N3O3S. The molecule has 1 aromatic carbocycles. The minimum Gasteiger partial charge on any atom is -0.497 e. The molecule has 1 saturated carbocycles. The van der Waals surface area contributed by atoms with Crippen LogP contribution in [0.1, 0.15) is 37.2 Å². The first-order valence-corrected chi connectivity index (χ1v) is 10.7. The molecule has 2 aromatic rings. The van der Waals surface area contributed by atoms with Crippen LogP contribution in [0.15, 0.2) is 35.8 Å². The molecule has 0 bridgehead atoms. The Labute approximate surface area is 168 Å². The lowest BCUT2D eigenvalue weighted by Crippen LogP contribution is -2.35. The number of rotatable bonds is 5. The normalized spacial score (nSPS) is 22.4. The van der Waals surface area contributed by atoms with Crippen molar-refractivity contribution in [1.82, 2.24) is 9.88 Å². The van der Waals surface area contributed by atoms with E-state index in [-0.39, 0.29) is 29.6 Å². The van der Waals surface area contributed by atoms with Gasteiger partial charge in [0.2, 0.25) is 11.8 Å². The minimum absolute atomic E-state index is 0.0313. The van der Waals surface area contributed by atoms with Crippen LogP contribution >= 0.6 is 11.3 Å². The summed E-state index contributed by atoms with van der Waals surface area (Å²) in [6.45, 7) is 1.04. The van der Waals surface area contributed by atoms with Crippen molar-refractivity contribution in [2.24, 2.45) is 11.8 Å². The molecule has 6 nitrogen and oxygen atoms in total. The van der Waals surface area contributed by atoms with E-state index in [1.165, 1.54) is 11.3 Å². The Hall–Kier alpha value is -2.41. The van der Waals surface area contributed by atoms with Crippen LogP contribution in [0.25, 0.3) is 0 Å². The van der Waals surface area contributed by atoms with Gasteiger partial charge in [-0.2, -0.15) is 0 Å². The van der Waals surface area contributed by atoms with Crippen molar-refractivity contribution in [2.45, 2.75) is 31.6 Å². The largest absolute Gasteiger partial charge is 0.497 e. The van der Waals surface area contributed by atoms with E-state index in [9.17, 15) is 9.59 Å². The molecule has 4 rings (SSSR count). The number of thiazole rings is 1. The van der Waals surface area contributed by atoms with Gasteiger partial charge in [-0.1, -0.05) is 25.0 Å². The molecule has 7 heteroatoms. The molecule has 2 atom stereocenters. The number of nitrogens with zero attached hydrogens (tertiary/aromatic N) is 2. The van der Waals surface area contributed by atoms with Crippen molar-refractivity contribution in [1.29, 1.82) is 0 Å². The van der Waals surface area contributed by atoms with Crippen molar-refractivity contribution in [3.05, 3.63) is 41.4 Å². The van der Waals surface area contributed by atoms with E-state index in [1.807, 2.05) is 34.5 Å². The fourth-order valence-corrected chi connectivity index (χ4v) is 4.88. The molecule has 2 amide bonds. The first-order chi connectivity index (χ1) is 13.7. The fraction of sp³-hybridized carbons (Fsp3) is 0.476. The Morgan fingerprint density at radius 1 is 1.18 bits per heavy atom. The number of likely N-dealkylation sites (tertiary alicyclic amines) is 1. The molecule has 1 aliphatic heterocycles. The lowest BCUT2D eigenvalue weighted by molar-refractivity contribution is -0.134. The monoisotopic (exact) mass is 399 g/mol. The van der Waals surface area contributed by atoms with Crippen molar-refractivity contribution in [3.63, 3.8) is 0 Å². The first kappa shape index (κ1) is 18.9. The average molecular weight is 400 g/mol. The van der Waals surface area contributed by atoms with E-state index in [2.05, 4.69) is 10.3 Å². The highest BCUT2D eigenvalue weighted by Gasteiger charge is 2.42. The Bertz CT molecular complexity index is 816. The maximum Gasteiger partial charge on any atom is 0.231 e. The van der Waals surface area contributed by atoms with E-state index in [0.717, 1.165) is 37.0 Å². The molecule has 0 unspecified atom stereocenters. The second-order valence-electron chi connectivity index (χ2n) is 7.54. The van der Waals surface area contributed by atoms with Crippen molar-refractivity contribution < 1.29 is 14.3 Å². The van der Waals surface area contributed by atoms with Crippen molar-refractivity contribution >= 4 is 28.3 Å². The number of carbonyl (C=O) groups excluding carboxylic acids is 2. The maximum atomic E-state index is 13.0. The van der Waals surface area contributed by atoms with Gasteiger partial charge in [0.15, 0.2) is 5.13 Å². The van der Waals surface area contributed by atoms with Crippen LogP contribution < -0.4 is 10.1 Å². The summed E-state index contributed by atoms with van der Waals surface area (Å²) >= 11 is 1.40. The summed E-state index contributed by atoms with van der Waals surface area (Å²) in [6, 6.07) is 7.81. The van der Waals surface area contributed by atoms with E-state index in [1.54, 1.807) is 13.3 Å². The van der Waals surface area contributed by atoms with Crippen LogP contribution in [0.5, 0.6) is 5.75 Å². The first-order valence-electron chi connectivity index (χ1n) is 9.79. The van der Waals surface area contributed by atoms with Gasteiger partial charge in [-0.25, -0.2) is 4.98 Å². The predicted molar refractivity (Wildman–Crippen MR) is 109 cm³/mol. The third kappa shape index (κ3) is 3.90. The van der Waals surface area contributed by atoms with Gasteiger partial charge in [0.25, 0.3) is 0 Å². The van der Waals surface area contributed by atoms with Gasteiger partial charge in [0, 0.05) is 36.5 Å². The number of hydrogen-bond donors (Lipinski definition) is 1. The molecule has 1 saturated heterocycles. The highest BCUT2D eigenvalue weighted by atomic mass is 32.1. The fourth-order valence-electron chi connectivity index (χ4n) is 4.35. The van der Waals surface area contributed by atoms with Crippen molar-refractivity contribution in [3.8, 4) is 5.75 Å². The zero-order valence-corrected chi connectivity index (χ0v) is 16.8. The second-order valence-corrected chi connectivity index (χ2v) is 8.43. The quantitative estimate of drug-likeness (QED) is 0.835. The van der Waals surface area contributed by atoms with Crippen LogP contribution in [0.4, 0.5) is 5.13 Å². The number of methoxy groups -OCH3 is 1. The average Bonchev–Trinajstić information content (AvgIpc) is 3.48. The Kier molecular flexibility index (Phi) is 5.62. The number of carbonyl (C=O) groups is 2. The lowest BCUT2D eigenvalue weighted by Gasteiger charge is -2.20. The van der Waals surface area contributed by atoms with Gasteiger partial charge in [-0.05, 0) is 30.5 Å². The van der Waals surface area contributed by atoms with Gasteiger partial charge in [0.05, 0.1) is 13.0 Å². The molecule has 0 radical (unpaired) electrons. The molecule has 148 valence electrons. The maximum absolute atomic E-state index is 13.0. The third-order valence-electron chi connectivity index (χ3n) is 5.88. The van der Waals surface area contributed by atoms with E-state index < -0.39 is 0 Å². The molecular weight excluding hydrogens is 374 g/mol. The molecule has 28 heavy (non-hydrogen) atoms. The zero-order chi connectivity index (χ0) is 19.5. The SMILES string of the molecule is COc1ccc([C@@H]2CN(C(=O)C3CCCC3)C[C@H]2C(=O)Nc2nccs2)cc1. The molecule has 2 aliphatic rings. The zero-order valence-electron chi connectivity index (χ0n) is 16.0. The van der Waals surface area contributed by atoms with Crippen LogP contribution in [-0.2, 0) is 9.59 Å². The van der Waals surface area contributed by atoms with Crippen molar-refractivity contribution in [2.75, 3.05) is 25.5 Å². The molecule has 1 aromatic heterocycles. The number of anilines is 1. The highest BCUT2D eigenvalue weighted by Crippen LogP contribution is 2.37. The number of amides is 2. The topological polar surface area (TPSA) is 71.5 Å². The van der Waals surface area contributed by atoms with Crippen LogP contribution in [0, 0.1) is 11.8 Å². The smallest absolute Gasteiger partial charge is 0.231 e. The molecule has 2 fully saturated rings. The summed E-state index contributed by atoms with van der Waals surface area (Å²) in [6.07, 6.45) is 5.86. The van der Waals surface area contributed by atoms with Gasteiger partial charge < -0.3 is 15.0 Å². The van der Waals surface area contributed by atoms with E-state index >= 15 is 0 Å². The molecule has 2 heterocycles. The van der Waals surface area contributed by atoms with Crippen LogP contribution in [0.3, 0.4) is 0 Å². The van der Waals surface area contributed by atoms with Gasteiger partial charge in [-0.3, -0.25) is 9.59 Å². The van der Waals surface area contributed by atoms with E-state index in [0.29, 0.717) is 18.2 Å². The number of benzene rings is 1. The van der Waals surface area contributed by atoms with Crippen LogP contribution in [-0.4, -0.2) is 41.9 Å². The minimum atomic E-state index is -0.289. The Balaban J connectivity index is 1.55. The summed E-state index contributed by atoms with van der Waals surface area (Å²) in [5.74, 6) is 0.721. The summed E-state index contributed by atoms with van der Waals surface area (Å²) in [5, 5.41) is 5.35. The number of ether oxygens (including phenoxy) is 1. The summed E-state index contributed by atoms with van der Waals surface area (Å²) in [4.78, 5) is 32.0. The Morgan fingerprint density at radius 2 is 1.93 bits per heavy atom. The number of aromatic nitrogens is 1. The third-order valence-corrected chi connectivity index (χ3v) is 6.57. The van der Waals surface area contributed by atoms with E-state index in [4.69, 9.17) is 4.74 Å². The summed E-state index contributed by atoms with van der Waals surface area (Å²) in [7, 11) is 1.64. The summed E-state index contributed by atoms with van der Waals surface area (Å²) in [5.41, 5.74) is 1.06. The Morgan fingerprint density at radius 3 is 2.57 bits per heavy atom. The van der Waals surface area contributed by atoms with Gasteiger partial charge in [0.1, 0.15) is 5.75 Å². The van der Waals surface area contributed by atoms with Gasteiger partial charge in [-0.15, -0.1) is 11.3 Å². The van der Waals surface area contributed by atoms with Gasteiger partial charge >= 0.3 is 0 Å². The molecule has 0 spiro atoms. The highest BCUT2D eigenvalue weighted by molar-refractivity contribution is 7.13. The molecule has 1 N–H and O–H groups in total. The standard InChI is InChI=1S/C21H25N3O3S/c1-27-16-8-6-14(7-9-16)17-12-24(20(26)15-4-2-3-5-15)13-18(17)19(25)23-21-22-10-11-28-21/h6-11,15,17-18H,2-5,12-13H2,1H3,(H,22,23,25)/t17-,18+/m0/s1. The summed E-state index contributed by atoms with van der Waals surface area (Å²) < 4.78 is 5.25. The molecule has 1 aliphatic carbocycles. The predicted octanol–water partition coefficient (Wildman–Crippen LogP) is 3.52. The number of nitrogens with one attached hydrogen (secondary N) is 1. The number of hydrogen-bond acceptors (Lipinski definition) is 5.